The number of aromatic nitrogens is 1. The summed E-state index contributed by atoms with van der Waals surface area (Å²) in [6.07, 6.45) is 1.82. The zero-order valence-electron chi connectivity index (χ0n) is 14.9. The van der Waals surface area contributed by atoms with E-state index in [0.717, 1.165) is 33.0 Å². The summed E-state index contributed by atoms with van der Waals surface area (Å²) >= 11 is 0. The molecule has 0 unspecified atom stereocenters. The Morgan fingerprint density at radius 3 is 2.16 bits per heavy atom. The van der Waals surface area contributed by atoms with Gasteiger partial charge >= 0.3 is 0 Å². The van der Waals surface area contributed by atoms with Crippen LogP contribution in [0.4, 0.5) is 4.39 Å². The molecule has 3 aromatic carbocycles. The standard InChI is InChI=1S/C23H20FN/c1-13-5-6-19-20(9-13)18-7-8-25-23(21(18)12-22(19)24)17-10-14(2)16(4)15(3)11-17/h5-12H,1-4H3. The molecule has 0 spiro atoms. The number of rotatable bonds is 1. The molecule has 2 heteroatoms. The number of benzene rings is 3. The van der Waals surface area contributed by atoms with E-state index in [1.165, 1.54) is 16.7 Å². The van der Waals surface area contributed by atoms with E-state index in [4.69, 9.17) is 0 Å². The summed E-state index contributed by atoms with van der Waals surface area (Å²) in [5, 5.41) is 3.51. The fourth-order valence-electron chi connectivity index (χ4n) is 3.55. The third kappa shape index (κ3) is 2.49. The molecule has 0 aliphatic carbocycles. The van der Waals surface area contributed by atoms with Crippen molar-refractivity contribution in [3.63, 3.8) is 0 Å². The first-order valence-electron chi connectivity index (χ1n) is 8.51. The van der Waals surface area contributed by atoms with Crippen LogP contribution in [0.3, 0.4) is 0 Å². The monoisotopic (exact) mass is 329 g/mol. The topological polar surface area (TPSA) is 12.9 Å². The van der Waals surface area contributed by atoms with E-state index >= 15 is 0 Å². The van der Waals surface area contributed by atoms with Crippen LogP contribution >= 0.6 is 0 Å². The molecular weight excluding hydrogens is 309 g/mol. The van der Waals surface area contributed by atoms with Crippen molar-refractivity contribution in [3.8, 4) is 11.3 Å². The van der Waals surface area contributed by atoms with Gasteiger partial charge in [-0.2, -0.15) is 0 Å². The molecule has 25 heavy (non-hydrogen) atoms. The first kappa shape index (κ1) is 15.8. The van der Waals surface area contributed by atoms with Crippen LogP contribution in [0, 0.1) is 33.5 Å². The second-order valence-corrected chi connectivity index (χ2v) is 6.90. The van der Waals surface area contributed by atoms with Gasteiger partial charge in [-0.15, -0.1) is 0 Å². The van der Waals surface area contributed by atoms with E-state index in [9.17, 15) is 4.39 Å². The van der Waals surface area contributed by atoms with Crippen LogP contribution in [-0.4, -0.2) is 4.98 Å². The van der Waals surface area contributed by atoms with E-state index in [0.29, 0.717) is 5.39 Å². The maximum Gasteiger partial charge on any atom is 0.131 e. The number of halogens is 1. The summed E-state index contributed by atoms with van der Waals surface area (Å²) in [6, 6.07) is 13.8. The molecule has 1 heterocycles. The van der Waals surface area contributed by atoms with Crippen molar-refractivity contribution in [2.24, 2.45) is 0 Å². The number of hydrogen-bond acceptors (Lipinski definition) is 1. The lowest BCUT2D eigenvalue weighted by atomic mass is 9.94. The zero-order chi connectivity index (χ0) is 17.7. The molecule has 0 amide bonds. The first-order chi connectivity index (χ1) is 12.0. The molecular formula is C23H20FN. The van der Waals surface area contributed by atoms with Crippen molar-refractivity contribution >= 4 is 21.5 Å². The van der Waals surface area contributed by atoms with E-state index in [2.05, 4.69) is 44.0 Å². The van der Waals surface area contributed by atoms with Crippen LogP contribution in [0.5, 0.6) is 0 Å². The predicted octanol–water partition coefficient (Wildman–Crippen LogP) is 6.43. The average Bonchev–Trinajstić information content (AvgIpc) is 2.59. The molecule has 1 aromatic heterocycles. The van der Waals surface area contributed by atoms with Crippen molar-refractivity contribution in [1.82, 2.24) is 4.98 Å². The number of nitrogens with zero attached hydrogens (tertiary/aromatic N) is 1. The summed E-state index contributed by atoms with van der Waals surface area (Å²) < 4.78 is 14.7. The molecule has 0 saturated carbocycles. The van der Waals surface area contributed by atoms with Crippen LogP contribution in [0.2, 0.25) is 0 Å². The Kier molecular flexibility index (Phi) is 3.57. The normalized spacial score (nSPS) is 11.4. The first-order valence-corrected chi connectivity index (χ1v) is 8.51. The van der Waals surface area contributed by atoms with Crippen LogP contribution in [-0.2, 0) is 0 Å². The highest BCUT2D eigenvalue weighted by Crippen LogP contribution is 2.34. The number of hydrogen-bond donors (Lipinski definition) is 0. The smallest absolute Gasteiger partial charge is 0.131 e. The molecule has 0 aliphatic rings. The molecule has 0 aliphatic heterocycles. The molecule has 4 aromatic rings. The highest BCUT2D eigenvalue weighted by atomic mass is 19.1. The Balaban J connectivity index is 2.11. The molecule has 0 fully saturated rings. The Bertz CT molecular complexity index is 1120. The molecule has 0 N–H and O–H groups in total. The molecule has 1 nitrogen and oxygen atoms in total. The Hall–Kier alpha value is -2.74. The fraction of sp³-hybridized carbons (Fsp3) is 0.174. The van der Waals surface area contributed by atoms with Gasteiger partial charge in [-0.1, -0.05) is 23.8 Å². The highest BCUT2D eigenvalue weighted by molar-refractivity contribution is 6.11. The Morgan fingerprint density at radius 2 is 1.44 bits per heavy atom. The minimum absolute atomic E-state index is 0.197. The van der Waals surface area contributed by atoms with Gasteiger partial charge in [0, 0.05) is 22.5 Å². The SMILES string of the molecule is Cc1ccc2c(F)cc3c(-c4cc(C)c(C)c(C)c4)nccc3c2c1. The minimum Gasteiger partial charge on any atom is -0.256 e. The van der Waals surface area contributed by atoms with Crippen molar-refractivity contribution in [2.45, 2.75) is 27.7 Å². The Labute approximate surface area is 147 Å². The lowest BCUT2D eigenvalue weighted by molar-refractivity contribution is 0.641. The molecule has 4 rings (SSSR count). The summed E-state index contributed by atoms with van der Waals surface area (Å²) in [7, 11) is 0. The van der Waals surface area contributed by atoms with Gasteiger partial charge in [0.15, 0.2) is 0 Å². The van der Waals surface area contributed by atoms with E-state index in [1.54, 1.807) is 6.07 Å². The van der Waals surface area contributed by atoms with Gasteiger partial charge in [0.25, 0.3) is 0 Å². The van der Waals surface area contributed by atoms with Crippen LogP contribution in [0.15, 0.2) is 48.7 Å². The van der Waals surface area contributed by atoms with Crippen LogP contribution in [0.25, 0.3) is 32.8 Å². The predicted molar refractivity (Wildman–Crippen MR) is 104 cm³/mol. The second kappa shape index (κ2) is 5.66. The van der Waals surface area contributed by atoms with Gasteiger partial charge in [0.2, 0.25) is 0 Å². The van der Waals surface area contributed by atoms with Crippen molar-refractivity contribution in [1.29, 1.82) is 0 Å². The summed E-state index contributed by atoms with van der Waals surface area (Å²) in [4.78, 5) is 4.59. The maximum absolute atomic E-state index is 14.7. The molecule has 0 radical (unpaired) electrons. The zero-order valence-corrected chi connectivity index (χ0v) is 14.9. The van der Waals surface area contributed by atoms with Gasteiger partial charge < -0.3 is 0 Å². The van der Waals surface area contributed by atoms with Gasteiger partial charge in [-0.25, -0.2) is 4.39 Å². The van der Waals surface area contributed by atoms with Crippen molar-refractivity contribution < 1.29 is 4.39 Å². The maximum atomic E-state index is 14.7. The molecule has 0 saturated heterocycles. The molecule has 124 valence electrons. The lowest BCUT2D eigenvalue weighted by Crippen LogP contribution is -1.93. The highest BCUT2D eigenvalue weighted by Gasteiger charge is 2.13. The molecule has 0 bridgehead atoms. The van der Waals surface area contributed by atoms with E-state index < -0.39 is 0 Å². The minimum atomic E-state index is -0.197. The fourth-order valence-corrected chi connectivity index (χ4v) is 3.55. The van der Waals surface area contributed by atoms with Gasteiger partial charge in [0.05, 0.1) is 5.69 Å². The summed E-state index contributed by atoms with van der Waals surface area (Å²) in [5.41, 5.74) is 6.75. The summed E-state index contributed by atoms with van der Waals surface area (Å²) in [5.74, 6) is -0.197. The van der Waals surface area contributed by atoms with Gasteiger partial charge in [0.1, 0.15) is 5.82 Å². The van der Waals surface area contributed by atoms with Crippen molar-refractivity contribution in [3.05, 3.63) is 76.7 Å². The average molecular weight is 329 g/mol. The third-order valence-electron chi connectivity index (χ3n) is 5.18. The number of fused-ring (bicyclic) bond motifs is 3. The van der Waals surface area contributed by atoms with Gasteiger partial charge in [-0.3, -0.25) is 4.98 Å². The number of aryl methyl sites for hydroxylation is 3. The second-order valence-electron chi connectivity index (χ2n) is 6.90. The lowest BCUT2D eigenvalue weighted by Gasteiger charge is -2.13. The van der Waals surface area contributed by atoms with Crippen LogP contribution in [0.1, 0.15) is 22.3 Å². The van der Waals surface area contributed by atoms with Crippen molar-refractivity contribution in [2.75, 3.05) is 0 Å². The van der Waals surface area contributed by atoms with E-state index in [1.807, 2.05) is 31.3 Å². The van der Waals surface area contributed by atoms with E-state index in [-0.39, 0.29) is 5.82 Å². The molecule has 0 atom stereocenters. The Morgan fingerprint density at radius 1 is 0.720 bits per heavy atom. The summed E-state index contributed by atoms with van der Waals surface area (Å²) in [6.45, 7) is 8.37. The third-order valence-corrected chi connectivity index (χ3v) is 5.18. The quantitative estimate of drug-likeness (QED) is 0.367. The van der Waals surface area contributed by atoms with Gasteiger partial charge in [-0.05, 0) is 79.4 Å². The van der Waals surface area contributed by atoms with Crippen LogP contribution < -0.4 is 0 Å². The number of pyridine rings is 1. The largest absolute Gasteiger partial charge is 0.256 e.